The molecule has 0 aliphatic rings. The summed E-state index contributed by atoms with van der Waals surface area (Å²) in [6.07, 6.45) is 6.23. The highest BCUT2D eigenvalue weighted by atomic mass is 32.1. The van der Waals surface area contributed by atoms with Crippen molar-refractivity contribution >= 4 is 33.9 Å². The number of H-pyrrole nitrogens is 1. The van der Waals surface area contributed by atoms with Gasteiger partial charge in [-0.2, -0.15) is 0 Å². The molecule has 0 aliphatic carbocycles. The lowest BCUT2D eigenvalue weighted by atomic mass is 9.99. The van der Waals surface area contributed by atoms with Gasteiger partial charge in [0.2, 0.25) is 11.8 Å². The first-order valence-electron chi connectivity index (χ1n) is 14.1. The Hall–Kier alpha value is -4.30. The van der Waals surface area contributed by atoms with E-state index in [4.69, 9.17) is 4.98 Å². The second-order valence-electron chi connectivity index (χ2n) is 10.2. The van der Waals surface area contributed by atoms with Gasteiger partial charge in [-0.05, 0) is 29.7 Å². The van der Waals surface area contributed by atoms with Crippen LogP contribution in [0.15, 0.2) is 84.4 Å². The van der Waals surface area contributed by atoms with Crippen LogP contribution in [0, 0.1) is 0 Å². The van der Waals surface area contributed by atoms with E-state index in [0.29, 0.717) is 13.0 Å². The van der Waals surface area contributed by atoms with Gasteiger partial charge in [0.25, 0.3) is 0 Å². The number of hydrogen-bond donors (Lipinski definition) is 3. The third-order valence-electron chi connectivity index (χ3n) is 7.26. The molecule has 0 aliphatic heterocycles. The lowest BCUT2D eigenvalue weighted by Crippen LogP contribution is -2.30. The third-order valence-corrected chi connectivity index (χ3v) is 8.11. The molecule has 2 heterocycles. The zero-order chi connectivity index (χ0) is 28.4. The number of nitrogens with one attached hydrogen (secondary N) is 3. The van der Waals surface area contributed by atoms with Crippen LogP contribution in [0.5, 0.6) is 0 Å². The molecule has 0 fully saturated rings. The van der Waals surface area contributed by atoms with Gasteiger partial charge in [0.1, 0.15) is 10.8 Å². The smallest absolute Gasteiger partial charge is 0.226 e. The van der Waals surface area contributed by atoms with Crippen LogP contribution in [0.1, 0.15) is 48.9 Å². The monoisotopic (exact) mass is 565 g/mol. The van der Waals surface area contributed by atoms with Crippen LogP contribution in [0.3, 0.4) is 0 Å². The van der Waals surface area contributed by atoms with E-state index >= 15 is 0 Å². The molecule has 0 saturated heterocycles. The van der Waals surface area contributed by atoms with Gasteiger partial charge in [0.15, 0.2) is 0 Å². The van der Waals surface area contributed by atoms with E-state index in [0.717, 1.165) is 59.0 Å². The normalized spacial score (nSPS) is 11.8. The number of imidazole rings is 1. The average Bonchev–Trinajstić information content (AvgIpc) is 3.69. The molecule has 3 aromatic carbocycles. The SMILES string of the molecule is CNC(=O)CCCCCC(CNC(=O)Cc1nc(-c2ccccc2)cs1)c1ncc(-c2ccc3ccccc3c2)[nH]1. The van der Waals surface area contributed by atoms with Crippen LogP contribution < -0.4 is 10.6 Å². The van der Waals surface area contributed by atoms with Crippen molar-refractivity contribution in [2.45, 2.75) is 44.4 Å². The molecule has 41 heavy (non-hydrogen) atoms. The number of aromatic amines is 1. The maximum Gasteiger partial charge on any atom is 0.226 e. The molecule has 5 aromatic rings. The number of rotatable bonds is 13. The molecule has 2 aromatic heterocycles. The molecule has 0 spiro atoms. The maximum atomic E-state index is 12.9. The number of aromatic nitrogens is 3. The summed E-state index contributed by atoms with van der Waals surface area (Å²) < 4.78 is 0. The summed E-state index contributed by atoms with van der Waals surface area (Å²) >= 11 is 1.51. The molecule has 210 valence electrons. The van der Waals surface area contributed by atoms with Gasteiger partial charge in [-0.3, -0.25) is 9.59 Å². The Labute approximate surface area is 244 Å². The van der Waals surface area contributed by atoms with Gasteiger partial charge in [-0.25, -0.2) is 9.97 Å². The van der Waals surface area contributed by atoms with Gasteiger partial charge >= 0.3 is 0 Å². The van der Waals surface area contributed by atoms with Crippen LogP contribution in [0.4, 0.5) is 0 Å². The van der Waals surface area contributed by atoms with E-state index < -0.39 is 0 Å². The first-order valence-corrected chi connectivity index (χ1v) is 15.0. The molecule has 8 heteroatoms. The molecule has 0 radical (unpaired) electrons. The molecule has 0 saturated carbocycles. The van der Waals surface area contributed by atoms with Crippen molar-refractivity contribution < 1.29 is 9.59 Å². The van der Waals surface area contributed by atoms with E-state index in [2.05, 4.69) is 50.9 Å². The summed E-state index contributed by atoms with van der Waals surface area (Å²) in [6.45, 7) is 0.482. The highest BCUT2D eigenvalue weighted by Crippen LogP contribution is 2.27. The Kier molecular flexibility index (Phi) is 9.54. The molecule has 1 atom stereocenters. The van der Waals surface area contributed by atoms with Crippen molar-refractivity contribution in [1.29, 1.82) is 0 Å². The van der Waals surface area contributed by atoms with Gasteiger partial charge in [-0.15, -0.1) is 11.3 Å². The summed E-state index contributed by atoms with van der Waals surface area (Å²) in [4.78, 5) is 37.4. The fraction of sp³-hybridized carbons (Fsp3) is 0.273. The molecule has 0 bridgehead atoms. The molecular formula is C33H35N5O2S. The molecule has 3 N–H and O–H groups in total. The number of amides is 2. The predicted octanol–water partition coefficient (Wildman–Crippen LogP) is 6.49. The Bertz CT molecular complexity index is 1590. The van der Waals surface area contributed by atoms with Crippen LogP contribution >= 0.6 is 11.3 Å². The molecule has 5 rings (SSSR count). The Morgan fingerprint density at radius 3 is 2.54 bits per heavy atom. The first-order chi connectivity index (χ1) is 20.1. The molecule has 2 amide bonds. The van der Waals surface area contributed by atoms with Crippen LogP contribution in [-0.4, -0.2) is 40.4 Å². The number of thiazole rings is 1. The van der Waals surface area contributed by atoms with E-state index in [1.807, 2.05) is 54.0 Å². The summed E-state index contributed by atoms with van der Waals surface area (Å²) in [5, 5.41) is 11.0. The standard InChI is InChI=1S/C33H35N5O2S/c1-34-30(39)15-7-3-6-14-27(20-35-31(40)19-32-37-29(22-41-32)24-11-4-2-5-12-24)33-36-21-28(38-33)26-17-16-23-10-8-9-13-25(23)18-26/h2,4-5,8-13,16-18,21-22,27H,3,6-7,14-15,19-20H2,1H3,(H,34,39)(H,35,40)(H,36,38). The second-order valence-corrected chi connectivity index (χ2v) is 11.1. The van der Waals surface area contributed by atoms with Crippen molar-refractivity contribution in [1.82, 2.24) is 25.6 Å². The molecule has 7 nitrogen and oxygen atoms in total. The number of carbonyl (C=O) groups excluding carboxylic acids is 2. The van der Waals surface area contributed by atoms with Gasteiger partial charge < -0.3 is 15.6 Å². The van der Waals surface area contributed by atoms with Gasteiger partial charge in [0, 0.05) is 42.4 Å². The largest absolute Gasteiger partial charge is 0.359 e. The van der Waals surface area contributed by atoms with Crippen LogP contribution in [0.2, 0.25) is 0 Å². The minimum absolute atomic E-state index is 0.0318. The van der Waals surface area contributed by atoms with Crippen molar-refractivity contribution in [2.75, 3.05) is 13.6 Å². The zero-order valence-corrected chi connectivity index (χ0v) is 24.0. The number of unbranched alkanes of at least 4 members (excludes halogenated alkanes) is 2. The van der Waals surface area contributed by atoms with Gasteiger partial charge in [0.05, 0.1) is 24.0 Å². The zero-order valence-electron chi connectivity index (χ0n) is 23.2. The minimum Gasteiger partial charge on any atom is -0.359 e. The van der Waals surface area contributed by atoms with Crippen molar-refractivity contribution in [3.05, 3.63) is 95.2 Å². The fourth-order valence-corrected chi connectivity index (χ4v) is 5.73. The molecular weight excluding hydrogens is 530 g/mol. The quantitative estimate of drug-likeness (QED) is 0.142. The maximum absolute atomic E-state index is 12.9. The second kappa shape index (κ2) is 13.9. The third kappa shape index (κ3) is 7.67. The summed E-state index contributed by atoms with van der Waals surface area (Å²) in [5.74, 6) is 0.909. The van der Waals surface area contributed by atoms with E-state index in [1.54, 1.807) is 7.05 Å². The lowest BCUT2D eigenvalue weighted by Gasteiger charge is -2.16. The molecule has 1 unspecified atom stereocenters. The average molecular weight is 566 g/mol. The van der Waals surface area contributed by atoms with Crippen molar-refractivity contribution in [2.24, 2.45) is 0 Å². The first kappa shape index (κ1) is 28.2. The number of hydrogen-bond acceptors (Lipinski definition) is 5. The Morgan fingerprint density at radius 1 is 0.902 bits per heavy atom. The fourth-order valence-electron chi connectivity index (χ4n) is 4.93. The number of carbonyl (C=O) groups is 2. The number of benzene rings is 3. The van der Waals surface area contributed by atoms with Crippen molar-refractivity contribution in [3.8, 4) is 22.5 Å². The minimum atomic E-state index is -0.0510. The highest BCUT2D eigenvalue weighted by Gasteiger charge is 2.18. The topological polar surface area (TPSA) is 99.8 Å². The number of fused-ring (bicyclic) bond motifs is 1. The van der Waals surface area contributed by atoms with Gasteiger partial charge in [-0.1, -0.05) is 79.6 Å². The lowest BCUT2D eigenvalue weighted by molar-refractivity contribution is -0.121. The van der Waals surface area contributed by atoms with Crippen LogP contribution in [0.25, 0.3) is 33.3 Å². The van der Waals surface area contributed by atoms with E-state index in [9.17, 15) is 9.59 Å². The summed E-state index contributed by atoms with van der Waals surface area (Å²) in [7, 11) is 1.67. The predicted molar refractivity (Wildman–Crippen MR) is 166 cm³/mol. The van der Waals surface area contributed by atoms with E-state index in [1.165, 1.54) is 22.1 Å². The summed E-state index contributed by atoms with van der Waals surface area (Å²) in [5.41, 5.74) is 3.98. The Morgan fingerprint density at radius 2 is 1.71 bits per heavy atom. The highest BCUT2D eigenvalue weighted by molar-refractivity contribution is 7.10. The van der Waals surface area contributed by atoms with Crippen LogP contribution in [-0.2, 0) is 16.0 Å². The van der Waals surface area contributed by atoms with E-state index in [-0.39, 0.29) is 24.2 Å². The number of nitrogens with zero attached hydrogens (tertiary/aromatic N) is 2. The van der Waals surface area contributed by atoms with Crippen molar-refractivity contribution in [3.63, 3.8) is 0 Å². The Balaban J connectivity index is 1.23. The summed E-state index contributed by atoms with van der Waals surface area (Å²) in [6, 6.07) is 24.7.